The molecule has 1 amide bonds. The fourth-order valence-corrected chi connectivity index (χ4v) is 2.20. The van der Waals surface area contributed by atoms with Gasteiger partial charge < -0.3 is 10.0 Å². The van der Waals surface area contributed by atoms with Gasteiger partial charge in [-0.3, -0.25) is 9.59 Å². The first-order valence-corrected chi connectivity index (χ1v) is 6.15. The molecule has 0 saturated carbocycles. The van der Waals surface area contributed by atoms with Gasteiger partial charge in [0, 0.05) is 12.2 Å². The number of hydrogen-bond donors (Lipinski definition) is 1. The summed E-state index contributed by atoms with van der Waals surface area (Å²) in [7, 11) is 0. The molecule has 18 heavy (non-hydrogen) atoms. The van der Waals surface area contributed by atoms with E-state index < -0.39 is 11.9 Å². The zero-order chi connectivity index (χ0) is 13.3. The molecule has 4 heteroatoms. The van der Waals surface area contributed by atoms with Gasteiger partial charge in [-0.05, 0) is 30.0 Å². The van der Waals surface area contributed by atoms with Gasteiger partial charge in [-0.25, -0.2) is 0 Å². The first-order chi connectivity index (χ1) is 8.50. The van der Waals surface area contributed by atoms with Crippen molar-refractivity contribution in [2.45, 2.75) is 26.2 Å². The molecule has 4 nitrogen and oxygen atoms in total. The van der Waals surface area contributed by atoms with Gasteiger partial charge in [0.15, 0.2) is 0 Å². The van der Waals surface area contributed by atoms with Crippen LogP contribution in [0.4, 0.5) is 5.69 Å². The Balaban J connectivity index is 2.18. The molecule has 1 aliphatic heterocycles. The van der Waals surface area contributed by atoms with Crippen molar-refractivity contribution in [2.75, 3.05) is 11.4 Å². The average molecular weight is 247 g/mol. The summed E-state index contributed by atoms with van der Waals surface area (Å²) in [5.41, 5.74) is 1.99. The van der Waals surface area contributed by atoms with Gasteiger partial charge in [0.05, 0.1) is 0 Å². The van der Waals surface area contributed by atoms with Crippen LogP contribution in [0.25, 0.3) is 0 Å². The second kappa shape index (κ2) is 4.80. The molecule has 1 aliphatic rings. The van der Waals surface area contributed by atoms with Gasteiger partial charge in [0.1, 0.15) is 5.92 Å². The van der Waals surface area contributed by atoms with Crippen molar-refractivity contribution in [2.24, 2.45) is 5.92 Å². The van der Waals surface area contributed by atoms with Crippen LogP contribution < -0.4 is 4.90 Å². The predicted molar refractivity (Wildman–Crippen MR) is 68.6 cm³/mol. The Morgan fingerprint density at radius 1 is 1.33 bits per heavy atom. The van der Waals surface area contributed by atoms with E-state index >= 15 is 0 Å². The summed E-state index contributed by atoms with van der Waals surface area (Å²) in [5, 5.41) is 8.92. The Morgan fingerprint density at radius 2 is 1.94 bits per heavy atom. The lowest BCUT2D eigenvalue weighted by molar-refractivity contribution is -0.144. The number of aliphatic carboxylic acids is 1. The highest BCUT2D eigenvalue weighted by Gasteiger charge is 2.37. The minimum atomic E-state index is -1.03. The molecule has 0 spiro atoms. The maximum Gasteiger partial charge on any atom is 0.316 e. The third-order valence-corrected chi connectivity index (χ3v) is 3.38. The third-order valence-electron chi connectivity index (χ3n) is 3.38. The van der Waals surface area contributed by atoms with Crippen LogP contribution in [0.5, 0.6) is 0 Å². The van der Waals surface area contributed by atoms with E-state index in [0.717, 1.165) is 5.69 Å². The lowest BCUT2D eigenvalue weighted by Gasteiger charge is -2.17. The first kappa shape index (κ1) is 12.6. The third kappa shape index (κ3) is 2.23. The molecule has 0 radical (unpaired) electrons. The van der Waals surface area contributed by atoms with Crippen LogP contribution in [0.15, 0.2) is 24.3 Å². The second-order valence-corrected chi connectivity index (χ2v) is 4.92. The Kier molecular flexibility index (Phi) is 3.36. The second-order valence-electron chi connectivity index (χ2n) is 4.92. The molecule has 2 rings (SSSR count). The summed E-state index contributed by atoms with van der Waals surface area (Å²) < 4.78 is 0. The SMILES string of the molecule is CC(C)c1ccc(N2CC[C@@H](C(=O)O)C2=O)cc1. The zero-order valence-corrected chi connectivity index (χ0v) is 10.6. The Labute approximate surface area is 106 Å². The van der Waals surface area contributed by atoms with E-state index in [1.165, 1.54) is 5.56 Å². The van der Waals surface area contributed by atoms with E-state index in [1.807, 2.05) is 24.3 Å². The summed E-state index contributed by atoms with van der Waals surface area (Å²) >= 11 is 0. The number of carbonyl (C=O) groups is 2. The van der Waals surface area contributed by atoms with Gasteiger partial charge in [-0.15, -0.1) is 0 Å². The highest BCUT2D eigenvalue weighted by atomic mass is 16.4. The van der Waals surface area contributed by atoms with Crippen molar-refractivity contribution >= 4 is 17.6 Å². The average Bonchev–Trinajstić information content (AvgIpc) is 2.71. The molecule has 1 atom stereocenters. The van der Waals surface area contributed by atoms with E-state index in [1.54, 1.807) is 4.90 Å². The van der Waals surface area contributed by atoms with Gasteiger partial charge >= 0.3 is 5.97 Å². The number of carboxylic acids is 1. The summed E-state index contributed by atoms with van der Waals surface area (Å²) in [4.78, 5) is 24.4. The van der Waals surface area contributed by atoms with E-state index in [2.05, 4.69) is 13.8 Å². The zero-order valence-electron chi connectivity index (χ0n) is 10.6. The highest BCUT2D eigenvalue weighted by molar-refractivity contribution is 6.07. The van der Waals surface area contributed by atoms with Crippen LogP contribution in [0.2, 0.25) is 0 Å². The van der Waals surface area contributed by atoms with Crippen molar-refractivity contribution in [3.8, 4) is 0 Å². The lowest BCUT2D eigenvalue weighted by Crippen LogP contribution is -2.30. The smallest absolute Gasteiger partial charge is 0.316 e. The number of benzene rings is 1. The molecule has 1 aromatic rings. The van der Waals surface area contributed by atoms with E-state index in [4.69, 9.17) is 5.11 Å². The standard InChI is InChI=1S/C14H17NO3/c1-9(2)10-3-5-11(6-4-10)15-8-7-12(13(15)16)14(17)18/h3-6,9,12H,7-8H2,1-2H3,(H,17,18)/t12-/m1/s1. The Bertz CT molecular complexity index is 464. The molecule has 0 unspecified atom stereocenters. The number of rotatable bonds is 3. The quantitative estimate of drug-likeness (QED) is 0.833. The van der Waals surface area contributed by atoms with Gasteiger partial charge in [0.2, 0.25) is 5.91 Å². The summed E-state index contributed by atoms with van der Waals surface area (Å²) in [6.45, 7) is 4.70. The van der Waals surface area contributed by atoms with E-state index in [-0.39, 0.29) is 5.91 Å². The molecular weight excluding hydrogens is 230 g/mol. The maximum atomic E-state index is 11.9. The number of carbonyl (C=O) groups excluding carboxylic acids is 1. The number of anilines is 1. The van der Waals surface area contributed by atoms with Crippen molar-refractivity contribution in [3.05, 3.63) is 29.8 Å². The molecule has 0 aromatic heterocycles. The normalized spacial score (nSPS) is 19.6. The molecule has 1 aromatic carbocycles. The van der Waals surface area contributed by atoms with Crippen molar-refractivity contribution in [3.63, 3.8) is 0 Å². The summed E-state index contributed by atoms with van der Waals surface area (Å²) in [5.74, 6) is -1.77. The monoisotopic (exact) mass is 247 g/mol. The highest BCUT2D eigenvalue weighted by Crippen LogP contribution is 2.26. The van der Waals surface area contributed by atoms with E-state index in [9.17, 15) is 9.59 Å². The Hall–Kier alpha value is -1.84. The largest absolute Gasteiger partial charge is 0.481 e. The van der Waals surface area contributed by atoms with Crippen LogP contribution in [-0.2, 0) is 9.59 Å². The molecule has 1 N–H and O–H groups in total. The first-order valence-electron chi connectivity index (χ1n) is 6.15. The van der Waals surface area contributed by atoms with Gasteiger partial charge in [-0.2, -0.15) is 0 Å². The van der Waals surface area contributed by atoms with Gasteiger partial charge in [0.25, 0.3) is 0 Å². The van der Waals surface area contributed by atoms with Crippen LogP contribution in [0.3, 0.4) is 0 Å². The van der Waals surface area contributed by atoms with Crippen molar-refractivity contribution in [1.82, 2.24) is 0 Å². The molecular formula is C14H17NO3. The van der Waals surface area contributed by atoms with Crippen LogP contribution in [0, 0.1) is 5.92 Å². The van der Waals surface area contributed by atoms with Crippen LogP contribution in [-0.4, -0.2) is 23.5 Å². The predicted octanol–water partition coefficient (Wildman–Crippen LogP) is 2.25. The van der Waals surface area contributed by atoms with Crippen molar-refractivity contribution < 1.29 is 14.7 Å². The number of carboxylic acid groups (broad SMARTS) is 1. The Morgan fingerprint density at radius 3 is 2.39 bits per heavy atom. The van der Waals surface area contributed by atoms with Crippen molar-refractivity contribution in [1.29, 1.82) is 0 Å². The molecule has 0 bridgehead atoms. The molecule has 1 heterocycles. The number of nitrogens with zero attached hydrogens (tertiary/aromatic N) is 1. The van der Waals surface area contributed by atoms with Crippen LogP contribution in [0.1, 0.15) is 31.7 Å². The number of amides is 1. The summed E-state index contributed by atoms with van der Waals surface area (Å²) in [6, 6.07) is 7.75. The maximum absolute atomic E-state index is 11.9. The topological polar surface area (TPSA) is 57.6 Å². The molecule has 96 valence electrons. The number of hydrogen-bond acceptors (Lipinski definition) is 2. The fraction of sp³-hybridized carbons (Fsp3) is 0.429. The minimum Gasteiger partial charge on any atom is -0.481 e. The lowest BCUT2D eigenvalue weighted by atomic mass is 10.0. The summed E-state index contributed by atoms with van der Waals surface area (Å²) in [6.07, 6.45) is 0.389. The molecule has 1 saturated heterocycles. The minimum absolute atomic E-state index is 0.306. The fourth-order valence-electron chi connectivity index (χ4n) is 2.20. The molecule has 1 fully saturated rings. The van der Waals surface area contributed by atoms with Crippen LogP contribution >= 0.6 is 0 Å². The molecule has 0 aliphatic carbocycles. The van der Waals surface area contributed by atoms with Gasteiger partial charge in [-0.1, -0.05) is 26.0 Å². The van der Waals surface area contributed by atoms with E-state index in [0.29, 0.717) is 18.9 Å².